The fourth-order valence-electron chi connectivity index (χ4n) is 7.10. The number of rotatable bonds is 12. The molecule has 3 heterocycles. The van der Waals surface area contributed by atoms with Crippen LogP contribution in [0.25, 0.3) is 0 Å². The molecule has 53 heavy (non-hydrogen) atoms. The van der Waals surface area contributed by atoms with Gasteiger partial charge in [0.25, 0.3) is 0 Å². The van der Waals surface area contributed by atoms with Crippen LogP contribution in [0.2, 0.25) is 5.02 Å². The maximum Gasteiger partial charge on any atom is 0.217 e. The topological polar surface area (TPSA) is 61.9 Å². The summed E-state index contributed by atoms with van der Waals surface area (Å²) in [4.78, 5) is 27.1. The molecule has 0 radical (unpaired) electrons. The van der Waals surface area contributed by atoms with E-state index in [2.05, 4.69) is 74.5 Å². The van der Waals surface area contributed by atoms with Crippen LogP contribution in [0, 0.1) is 6.92 Å². The Balaban J connectivity index is 0.000000853. The zero-order valence-electron chi connectivity index (χ0n) is 34.1. The number of carbonyl (C=O) groups excluding carboxylic acids is 2. The van der Waals surface area contributed by atoms with E-state index >= 15 is 0 Å². The molecule has 0 saturated carbocycles. The first-order chi connectivity index (χ1) is 25.3. The highest BCUT2D eigenvalue weighted by molar-refractivity contribution is 7.92. The van der Waals surface area contributed by atoms with Crippen molar-refractivity contribution in [3.8, 4) is 0 Å². The summed E-state index contributed by atoms with van der Waals surface area (Å²) in [5.41, 5.74) is 3.50. The van der Waals surface area contributed by atoms with Crippen molar-refractivity contribution in [1.29, 1.82) is 0 Å². The van der Waals surface area contributed by atoms with Crippen LogP contribution in [0.4, 0.5) is 8.78 Å². The summed E-state index contributed by atoms with van der Waals surface area (Å²) in [6, 6.07) is 5.23. The van der Waals surface area contributed by atoms with E-state index in [1.165, 1.54) is 56.0 Å². The summed E-state index contributed by atoms with van der Waals surface area (Å²) in [5.74, 6) is -0.00750. The molecule has 304 valence electrons. The largest absolute Gasteiger partial charge is 0.381 e. The Morgan fingerprint density at radius 2 is 1.64 bits per heavy atom. The molecular weight excluding hydrogens is 730 g/mol. The lowest BCUT2D eigenvalue weighted by Gasteiger charge is -2.35. The molecule has 11 heteroatoms. The molecule has 3 atom stereocenters. The van der Waals surface area contributed by atoms with Crippen molar-refractivity contribution in [3.05, 3.63) is 70.3 Å². The molecule has 1 aromatic carbocycles. The first-order valence-electron chi connectivity index (χ1n) is 19.6. The van der Waals surface area contributed by atoms with Crippen LogP contribution >= 0.6 is 29.5 Å². The fraction of sp³-hybridized carbons (Fsp3) is 0.667. The molecule has 0 aromatic heterocycles. The summed E-state index contributed by atoms with van der Waals surface area (Å²) in [6.45, 7) is 25.3. The number of allylic oxidation sites excluding steroid dienone is 5. The Morgan fingerprint density at radius 3 is 2.13 bits per heavy atom. The molecule has 3 aliphatic rings. The van der Waals surface area contributed by atoms with Crippen molar-refractivity contribution >= 4 is 41.8 Å². The van der Waals surface area contributed by atoms with Crippen molar-refractivity contribution in [1.82, 2.24) is 15.1 Å². The van der Waals surface area contributed by atoms with E-state index < -0.39 is 5.83 Å². The Labute approximate surface area is 331 Å². The van der Waals surface area contributed by atoms with Gasteiger partial charge in [0.15, 0.2) is 0 Å². The Hall–Kier alpha value is -1.69. The van der Waals surface area contributed by atoms with Gasteiger partial charge >= 0.3 is 0 Å². The highest BCUT2D eigenvalue weighted by atomic mass is 35.5. The molecule has 3 aliphatic heterocycles. The number of carbonyl (C=O) groups is 2. The second-order valence-corrected chi connectivity index (χ2v) is 14.6. The average Bonchev–Trinajstić information content (AvgIpc) is 3.72. The quantitative estimate of drug-likeness (QED) is 0.130. The van der Waals surface area contributed by atoms with E-state index in [1.54, 1.807) is 6.92 Å². The standard InChI is InChI=1S/C22H33ClN2O2.C9H12F2.C9H17NO.C2H6.H4P2/c1-6-17(13-22(4,5)24-16(3)27)19-11-15(2)21(23)12-20(19)18-7-9-25(14-26)10-8-18;1-3-5-9(11)7-6-8(10)4-2;1-2-6-10(5-1)9-3-7-11-8-4-9;2*1-2/h11-12,14,17-18H,6-10,13H2,1-5H3,(H,24,27);4-6H,2-3,7H2,1H3;9H,1-8H2;1-2H3;1-2H2/b;8-6?,9-5+;;;. The van der Waals surface area contributed by atoms with E-state index in [0.717, 1.165) is 87.2 Å². The van der Waals surface area contributed by atoms with Gasteiger partial charge in [-0.05, 0) is 138 Å². The van der Waals surface area contributed by atoms with Crippen LogP contribution in [0.1, 0.15) is 141 Å². The Kier molecular flexibility index (Phi) is 28.6. The van der Waals surface area contributed by atoms with Crippen LogP contribution < -0.4 is 5.32 Å². The van der Waals surface area contributed by atoms with Gasteiger partial charge in [0.1, 0.15) is 5.83 Å². The van der Waals surface area contributed by atoms with Crippen LogP contribution in [0.15, 0.2) is 48.6 Å². The van der Waals surface area contributed by atoms with Gasteiger partial charge in [-0.2, -0.15) is 0 Å². The number of hydrogen-bond acceptors (Lipinski definition) is 4. The SMILES string of the molecule is C1CCN(C2CCOCC2)C1.C=CC(F)=CC/C(F)=C\CC.CC.CCC(CC(C)(C)NC(C)=O)c1cc(C)c(Cl)cc1C1CCN(C=O)CC1.PP. The monoisotopic (exact) mass is 801 g/mol. The highest BCUT2D eigenvalue weighted by Crippen LogP contribution is 2.40. The Morgan fingerprint density at radius 1 is 1.06 bits per heavy atom. The van der Waals surface area contributed by atoms with Gasteiger partial charge in [-0.25, -0.2) is 8.78 Å². The molecule has 4 rings (SSSR count). The lowest BCUT2D eigenvalue weighted by Crippen LogP contribution is -2.43. The Bertz CT molecular complexity index is 1240. The van der Waals surface area contributed by atoms with E-state index in [0.29, 0.717) is 18.3 Å². The second kappa shape index (κ2) is 29.6. The first kappa shape index (κ1) is 51.3. The third-order valence-corrected chi connectivity index (χ3v) is 10.1. The molecule has 1 N–H and O–H groups in total. The molecule has 3 unspecified atom stereocenters. The summed E-state index contributed by atoms with van der Waals surface area (Å²) in [6.07, 6.45) is 14.4. The number of aryl methyl sites for hydroxylation is 1. The smallest absolute Gasteiger partial charge is 0.217 e. The van der Waals surface area contributed by atoms with Crippen LogP contribution in [-0.4, -0.2) is 73.1 Å². The maximum atomic E-state index is 12.5. The summed E-state index contributed by atoms with van der Waals surface area (Å²) in [7, 11) is 4.67. The van der Waals surface area contributed by atoms with Crippen LogP contribution in [-0.2, 0) is 14.3 Å². The lowest BCUT2D eigenvalue weighted by molar-refractivity contribution is -0.121. The van der Waals surface area contributed by atoms with Gasteiger partial charge < -0.3 is 19.9 Å². The van der Waals surface area contributed by atoms with Gasteiger partial charge in [0, 0.05) is 56.3 Å². The molecular formula is C42H72ClF2N3O3P2. The minimum Gasteiger partial charge on any atom is -0.381 e. The van der Waals surface area contributed by atoms with E-state index in [-0.39, 0.29) is 23.7 Å². The predicted octanol–water partition coefficient (Wildman–Crippen LogP) is 11.4. The number of amides is 2. The second-order valence-electron chi connectivity index (χ2n) is 14.2. The number of nitrogens with one attached hydrogen (secondary N) is 1. The van der Waals surface area contributed by atoms with Crippen molar-refractivity contribution in [2.75, 3.05) is 39.4 Å². The van der Waals surface area contributed by atoms with Gasteiger partial charge in [-0.1, -0.05) is 58.0 Å². The molecule has 2 amide bonds. The predicted molar refractivity (Wildman–Crippen MR) is 230 cm³/mol. The average molecular weight is 802 g/mol. The summed E-state index contributed by atoms with van der Waals surface area (Å²) >= 11 is 6.49. The van der Waals surface area contributed by atoms with Crippen molar-refractivity contribution < 1.29 is 23.1 Å². The summed E-state index contributed by atoms with van der Waals surface area (Å²) < 4.78 is 30.1. The number of halogens is 3. The fourth-order valence-corrected chi connectivity index (χ4v) is 7.27. The number of piperidine rings is 1. The normalized spacial score (nSPS) is 17.7. The van der Waals surface area contributed by atoms with Crippen molar-refractivity contribution in [2.24, 2.45) is 0 Å². The summed E-state index contributed by atoms with van der Waals surface area (Å²) in [5, 5.41) is 3.89. The number of benzene rings is 1. The lowest BCUT2D eigenvalue weighted by atomic mass is 9.77. The van der Waals surface area contributed by atoms with E-state index in [4.69, 9.17) is 16.3 Å². The van der Waals surface area contributed by atoms with Gasteiger partial charge in [-0.3, -0.25) is 9.59 Å². The van der Waals surface area contributed by atoms with E-state index in [1.807, 2.05) is 25.7 Å². The number of likely N-dealkylation sites (tertiary alicyclic amines) is 2. The molecule has 0 aliphatic carbocycles. The van der Waals surface area contributed by atoms with Gasteiger partial charge in [-0.15, -0.1) is 17.9 Å². The molecule has 6 nitrogen and oxygen atoms in total. The minimum absolute atomic E-state index is 0.00333. The van der Waals surface area contributed by atoms with Crippen LogP contribution in [0.5, 0.6) is 0 Å². The number of nitrogens with zero attached hydrogens (tertiary/aromatic N) is 2. The number of ether oxygens (including phenoxy) is 1. The molecule has 3 fully saturated rings. The highest BCUT2D eigenvalue weighted by Gasteiger charge is 2.29. The van der Waals surface area contributed by atoms with Gasteiger partial charge in [0.2, 0.25) is 12.3 Å². The van der Waals surface area contributed by atoms with E-state index in [9.17, 15) is 18.4 Å². The molecule has 1 aromatic rings. The number of hydrogen-bond donors (Lipinski definition) is 1. The van der Waals surface area contributed by atoms with Gasteiger partial charge in [0.05, 0.1) is 5.83 Å². The third-order valence-electron chi connectivity index (χ3n) is 9.65. The zero-order valence-corrected chi connectivity index (χ0v) is 37.2. The zero-order chi connectivity index (χ0) is 40.4. The molecule has 0 spiro atoms. The minimum atomic E-state index is -0.482. The van der Waals surface area contributed by atoms with Crippen molar-refractivity contribution in [3.63, 3.8) is 0 Å². The third kappa shape index (κ3) is 20.7. The van der Waals surface area contributed by atoms with Crippen molar-refractivity contribution in [2.45, 2.75) is 143 Å². The maximum absolute atomic E-state index is 12.5. The molecule has 0 bridgehead atoms. The first-order valence-corrected chi connectivity index (χ1v) is 22.6. The van der Waals surface area contributed by atoms with Crippen LogP contribution in [0.3, 0.4) is 0 Å². The molecule has 3 saturated heterocycles.